The molecule has 0 saturated carbocycles. The molecule has 29 heavy (non-hydrogen) atoms. The molecule has 1 aliphatic rings. The molecule has 0 bridgehead atoms. The van der Waals surface area contributed by atoms with Crippen LogP contribution in [0.5, 0.6) is 23.0 Å². The van der Waals surface area contributed by atoms with Gasteiger partial charge < -0.3 is 18.9 Å². The van der Waals surface area contributed by atoms with E-state index in [-0.39, 0.29) is 0 Å². The summed E-state index contributed by atoms with van der Waals surface area (Å²) in [5.41, 5.74) is 4.56. The van der Waals surface area contributed by atoms with Crippen LogP contribution in [0.4, 0.5) is 0 Å². The minimum Gasteiger partial charge on any atom is -0.493 e. The third-order valence-electron chi connectivity index (χ3n) is 5.10. The average molecular weight is 412 g/mol. The number of hydrogen-bond donors (Lipinski definition) is 0. The fourth-order valence-corrected chi connectivity index (χ4v) is 4.31. The zero-order valence-corrected chi connectivity index (χ0v) is 17.8. The number of methoxy groups -OCH3 is 3. The first-order valence-corrected chi connectivity index (χ1v) is 10.5. The highest BCUT2D eigenvalue weighted by Crippen LogP contribution is 2.40. The first-order chi connectivity index (χ1) is 14.2. The molecule has 1 aromatic heterocycles. The summed E-state index contributed by atoms with van der Waals surface area (Å²) < 4.78 is 22.6. The predicted molar refractivity (Wildman–Crippen MR) is 115 cm³/mol. The topological polar surface area (TPSA) is 40.2 Å². The number of rotatable bonds is 6. The molecule has 0 aliphatic carbocycles. The molecular weight excluding hydrogens is 386 g/mol. The van der Waals surface area contributed by atoms with Crippen molar-refractivity contribution in [3.63, 3.8) is 0 Å². The highest BCUT2D eigenvalue weighted by Gasteiger charge is 2.21. The quantitative estimate of drug-likeness (QED) is 0.581. The lowest BCUT2D eigenvalue weighted by molar-refractivity contribution is 0.217. The summed E-state index contributed by atoms with van der Waals surface area (Å²) in [6, 6.07) is 12.3. The van der Waals surface area contributed by atoms with E-state index < -0.39 is 0 Å². The number of ether oxygens (including phenoxy) is 4. The van der Waals surface area contributed by atoms with Gasteiger partial charge in [0, 0.05) is 25.2 Å². The molecule has 5 nitrogen and oxygen atoms in total. The Balaban J connectivity index is 1.70. The molecule has 152 valence electrons. The van der Waals surface area contributed by atoms with E-state index in [1.54, 1.807) is 32.7 Å². The summed E-state index contributed by atoms with van der Waals surface area (Å²) in [5.74, 6) is 3.01. The molecule has 0 amide bonds. The Morgan fingerprint density at radius 2 is 1.72 bits per heavy atom. The van der Waals surface area contributed by atoms with E-state index in [0.717, 1.165) is 47.8 Å². The van der Waals surface area contributed by atoms with Gasteiger partial charge in [0.15, 0.2) is 23.0 Å². The van der Waals surface area contributed by atoms with Crippen molar-refractivity contribution in [2.24, 2.45) is 0 Å². The maximum atomic E-state index is 6.08. The fraction of sp³-hybridized carbons (Fsp3) is 0.304. The predicted octanol–water partition coefficient (Wildman–Crippen LogP) is 4.84. The van der Waals surface area contributed by atoms with E-state index in [1.165, 1.54) is 5.56 Å². The van der Waals surface area contributed by atoms with E-state index in [2.05, 4.69) is 27.8 Å². The Kier molecular flexibility index (Phi) is 5.92. The molecule has 1 aliphatic heterocycles. The number of hydrogen-bond acceptors (Lipinski definition) is 6. The number of benzene rings is 2. The molecule has 0 saturated heterocycles. The van der Waals surface area contributed by atoms with Crippen LogP contribution in [0.15, 0.2) is 47.2 Å². The van der Waals surface area contributed by atoms with Gasteiger partial charge in [0.2, 0.25) is 0 Å². The summed E-state index contributed by atoms with van der Waals surface area (Å²) >= 11 is 1.73. The van der Waals surface area contributed by atoms with Crippen molar-refractivity contribution in [2.45, 2.75) is 13.1 Å². The molecule has 0 fully saturated rings. The Morgan fingerprint density at radius 1 is 0.931 bits per heavy atom. The maximum absolute atomic E-state index is 6.08. The molecule has 0 radical (unpaired) electrons. The third-order valence-corrected chi connectivity index (χ3v) is 5.83. The molecule has 0 spiro atoms. The van der Waals surface area contributed by atoms with Crippen LogP contribution in [0.2, 0.25) is 0 Å². The Bertz CT molecular complexity index is 971. The highest BCUT2D eigenvalue weighted by atomic mass is 32.1. The average Bonchev–Trinajstić information content (AvgIpc) is 3.17. The summed E-state index contributed by atoms with van der Waals surface area (Å²) in [4.78, 5) is 2.41. The van der Waals surface area contributed by atoms with Crippen molar-refractivity contribution in [1.82, 2.24) is 4.90 Å². The summed E-state index contributed by atoms with van der Waals surface area (Å²) in [7, 11) is 4.98. The van der Waals surface area contributed by atoms with Crippen molar-refractivity contribution in [2.75, 3.05) is 34.5 Å². The van der Waals surface area contributed by atoms with Gasteiger partial charge in [0.1, 0.15) is 6.61 Å². The monoisotopic (exact) mass is 411 g/mol. The van der Waals surface area contributed by atoms with Gasteiger partial charge in [-0.3, -0.25) is 4.90 Å². The van der Waals surface area contributed by atoms with Crippen LogP contribution in [0.3, 0.4) is 0 Å². The van der Waals surface area contributed by atoms with Crippen LogP contribution < -0.4 is 18.9 Å². The van der Waals surface area contributed by atoms with Gasteiger partial charge in [-0.1, -0.05) is 6.07 Å². The van der Waals surface area contributed by atoms with Crippen LogP contribution in [0, 0.1) is 0 Å². The number of thiophene rings is 1. The van der Waals surface area contributed by atoms with Gasteiger partial charge in [0.25, 0.3) is 0 Å². The van der Waals surface area contributed by atoms with E-state index in [4.69, 9.17) is 18.9 Å². The Hall–Kier alpha value is -2.70. The molecule has 3 aromatic rings. The second kappa shape index (κ2) is 8.76. The van der Waals surface area contributed by atoms with Crippen molar-refractivity contribution in [3.8, 4) is 34.1 Å². The van der Waals surface area contributed by atoms with Crippen LogP contribution in [0.1, 0.15) is 11.1 Å². The number of fused-ring (bicyclic) bond motifs is 1. The summed E-state index contributed by atoms with van der Waals surface area (Å²) in [5, 5.41) is 4.32. The van der Waals surface area contributed by atoms with Gasteiger partial charge in [-0.25, -0.2) is 0 Å². The number of nitrogens with zero attached hydrogens (tertiary/aromatic N) is 1. The van der Waals surface area contributed by atoms with Gasteiger partial charge in [-0.2, -0.15) is 11.3 Å². The minimum atomic E-state index is 0.642. The SMILES string of the molecule is COc1ccc(-c2cc3c(c(OC)c2)OCCN(Cc2ccsc2)C3)cc1OC. The standard InChI is InChI=1S/C23H25NO4S/c1-25-20-5-4-17(11-21(20)26-2)18-10-19-14-24(13-16-6-9-29-15-16)7-8-28-23(19)22(12-18)27-3/h4-6,9-12,15H,7-8,13-14H2,1-3H3. The smallest absolute Gasteiger partial charge is 0.165 e. The Labute approximate surface area is 175 Å². The normalized spacial score (nSPS) is 13.9. The zero-order chi connectivity index (χ0) is 20.2. The Morgan fingerprint density at radius 3 is 2.45 bits per heavy atom. The maximum Gasteiger partial charge on any atom is 0.165 e. The second-order valence-electron chi connectivity index (χ2n) is 6.93. The van der Waals surface area contributed by atoms with Crippen molar-refractivity contribution in [1.29, 1.82) is 0 Å². The van der Waals surface area contributed by atoms with Gasteiger partial charge in [0.05, 0.1) is 21.3 Å². The van der Waals surface area contributed by atoms with Crippen LogP contribution in [-0.4, -0.2) is 39.4 Å². The van der Waals surface area contributed by atoms with Crippen LogP contribution in [0.25, 0.3) is 11.1 Å². The molecule has 2 aromatic carbocycles. The minimum absolute atomic E-state index is 0.642. The van der Waals surface area contributed by atoms with Crippen molar-refractivity contribution >= 4 is 11.3 Å². The molecule has 0 N–H and O–H groups in total. The third kappa shape index (κ3) is 4.18. The van der Waals surface area contributed by atoms with Gasteiger partial charge in [-0.05, 0) is 57.8 Å². The zero-order valence-electron chi connectivity index (χ0n) is 16.9. The molecule has 0 atom stereocenters. The highest BCUT2D eigenvalue weighted by molar-refractivity contribution is 7.07. The fourth-order valence-electron chi connectivity index (χ4n) is 3.65. The largest absolute Gasteiger partial charge is 0.493 e. The lowest BCUT2D eigenvalue weighted by Crippen LogP contribution is -2.24. The van der Waals surface area contributed by atoms with Crippen molar-refractivity contribution in [3.05, 3.63) is 58.3 Å². The summed E-state index contributed by atoms with van der Waals surface area (Å²) in [6.45, 7) is 3.24. The lowest BCUT2D eigenvalue weighted by atomic mass is 10.0. The first-order valence-electron chi connectivity index (χ1n) is 9.51. The van der Waals surface area contributed by atoms with Crippen LogP contribution >= 0.6 is 11.3 Å². The second-order valence-corrected chi connectivity index (χ2v) is 7.71. The van der Waals surface area contributed by atoms with E-state index in [0.29, 0.717) is 18.1 Å². The molecule has 2 heterocycles. The lowest BCUT2D eigenvalue weighted by Gasteiger charge is -2.19. The van der Waals surface area contributed by atoms with Crippen LogP contribution in [-0.2, 0) is 13.1 Å². The van der Waals surface area contributed by atoms with E-state index in [9.17, 15) is 0 Å². The van der Waals surface area contributed by atoms with E-state index in [1.807, 2.05) is 24.3 Å². The van der Waals surface area contributed by atoms with E-state index >= 15 is 0 Å². The summed E-state index contributed by atoms with van der Waals surface area (Å²) in [6.07, 6.45) is 0. The van der Waals surface area contributed by atoms with Gasteiger partial charge >= 0.3 is 0 Å². The molecular formula is C23H25NO4S. The van der Waals surface area contributed by atoms with Gasteiger partial charge in [-0.15, -0.1) is 0 Å². The van der Waals surface area contributed by atoms with Crippen molar-refractivity contribution < 1.29 is 18.9 Å². The first kappa shape index (κ1) is 19.6. The molecule has 4 rings (SSSR count). The molecule has 6 heteroatoms. The molecule has 0 unspecified atom stereocenters.